The second kappa shape index (κ2) is 5.23. The van der Waals surface area contributed by atoms with Crippen molar-refractivity contribution in [3.8, 4) is 0 Å². The highest BCUT2D eigenvalue weighted by Crippen LogP contribution is 2.29. The van der Waals surface area contributed by atoms with Crippen molar-refractivity contribution in [3.63, 3.8) is 0 Å². The molecule has 0 radical (unpaired) electrons. The van der Waals surface area contributed by atoms with Crippen LogP contribution in [0.5, 0.6) is 0 Å². The molecule has 3 atom stereocenters. The van der Waals surface area contributed by atoms with Crippen LogP contribution in [-0.4, -0.2) is 27.7 Å². The number of nitrogens with zero attached hydrogens (tertiary/aromatic N) is 1. The molecule has 2 N–H and O–H groups in total. The lowest BCUT2D eigenvalue weighted by Crippen LogP contribution is -2.29. The van der Waals surface area contributed by atoms with E-state index in [1.54, 1.807) is 0 Å². The van der Waals surface area contributed by atoms with Gasteiger partial charge in [-0.1, -0.05) is 0 Å². The lowest BCUT2D eigenvalue weighted by Gasteiger charge is -2.19. The first kappa shape index (κ1) is 12.0. The van der Waals surface area contributed by atoms with Gasteiger partial charge in [0.05, 0.1) is 6.20 Å². The lowest BCUT2D eigenvalue weighted by atomic mass is 10.1. The van der Waals surface area contributed by atoms with Gasteiger partial charge in [0.25, 0.3) is 0 Å². The zero-order valence-electron chi connectivity index (χ0n) is 10.3. The Bertz CT molecular complexity index is 337. The van der Waals surface area contributed by atoms with Crippen molar-refractivity contribution in [2.45, 2.75) is 50.4 Å². The van der Waals surface area contributed by atoms with Gasteiger partial charge in [0, 0.05) is 28.6 Å². The molecule has 1 heterocycles. The first-order valence-corrected chi connectivity index (χ1v) is 7.28. The third kappa shape index (κ3) is 2.61. The van der Waals surface area contributed by atoms with Crippen molar-refractivity contribution in [3.05, 3.63) is 17.5 Å². The van der Waals surface area contributed by atoms with Crippen LogP contribution in [0.25, 0.3) is 0 Å². The van der Waals surface area contributed by atoms with Crippen molar-refractivity contribution in [2.24, 2.45) is 0 Å². The summed E-state index contributed by atoms with van der Waals surface area (Å²) >= 11 is 2.01. The number of aromatic amines is 1. The summed E-state index contributed by atoms with van der Waals surface area (Å²) in [5, 5.41) is 11.6. The van der Waals surface area contributed by atoms with Gasteiger partial charge < -0.3 is 5.32 Å². The summed E-state index contributed by atoms with van der Waals surface area (Å²) in [6.07, 6.45) is 8.13. The van der Waals surface area contributed by atoms with Gasteiger partial charge in [0.1, 0.15) is 0 Å². The molecule has 2 rings (SSSR count). The molecule has 0 aromatic carbocycles. The normalized spacial score (nSPS) is 27.2. The Labute approximate surface area is 102 Å². The second-order valence-corrected chi connectivity index (χ2v) is 5.84. The van der Waals surface area contributed by atoms with Crippen molar-refractivity contribution in [1.29, 1.82) is 0 Å². The van der Waals surface area contributed by atoms with Crippen LogP contribution in [0.1, 0.15) is 43.5 Å². The number of aromatic nitrogens is 2. The van der Waals surface area contributed by atoms with Crippen LogP contribution in [0.3, 0.4) is 0 Å². The SMILES string of the molecule is CSC1CCC(NC(C)c2cn[nH]c2C)C1. The molecule has 90 valence electrons. The molecule has 1 fully saturated rings. The Balaban J connectivity index is 1.89. The molecular weight excluding hydrogens is 218 g/mol. The van der Waals surface area contributed by atoms with Gasteiger partial charge in [0.2, 0.25) is 0 Å². The number of hydrogen-bond donors (Lipinski definition) is 2. The zero-order chi connectivity index (χ0) is 11.5. The van der Waals surface area contributed by atoms with Gasteiger partial charge >= 0.3 is 0 Å². The fourth-order valence-electron chi connectivity index (χ4n) is 2.55. The fourth-order valence-corrected chi connectivity index (χ4v) is 3.34. The average molecular weight is 239 g/mol. The van der Waals surface area contributed by atoms with Crippen molar-refractivity contribution in [1.82, 2.24) is 15.5 Å². The Hall–Kier alpha value is -0.480. The van der Waals surface area contributed by atoms with E-state index < -0.39 is 0 Å². The maximum atomic E-state index is 4.08. The predicted molar refractivity (Wildman–Crippen MR) is 69.8 cm³/mol. The molecule has 0 spiro atoms. The summed E-state index contributed by atoms with van der Waals surface area (Å²) in [6, 6.07) is 1.09. The van der Waals surface area contributed by atoms with Gasteiger partial charge in [-0.25, -0.2) is 0 Å². The maximum absolute atomic E-state index is 4.08. The summed E-state index contributed by atoms with van der Waals surface area (Å²) < 4.78 is 0. The van der Waals surface area contributed by atoms with Gasteiger partial charge in [0.15, 0.2) is 0 Å². The van der Waals surface area contributed by atoms with E-state index in [4.69, 9.17) is 0 Å². The van der Waals surface area contributed by atoms with Crippen molar-refractivity contribution < 1.29 is 0 Å². The Morgan fingerprint density at radius 1 is 1.56 bits per heavy atom. The largest absolute Gasteiger partial charge is 0.307 e. The minimum atomic E-state index is 0.407. The Morgan fingerprint density at radius 2 is 2.38 bits per heavy atom. The monoisotopic (exact) mass is 239 g/mol. The Morgan fingerprint density at radius 3 is 2.94 bits per heavy atom. The standard InChI is InChI=1S/C12H21N3S/c1-8(12-7-13-15-9(12)2)14-10-4-5-11(6-10)16-3/h7-8,10-11,14H,4-6H2,1-3H3,(H,13,15). The summed E-state index contributed by atoms with van der Waals surface area (Å²) in [5.41, 5.74) is 2.48. The van der Waals surface area contributed by atoms with E-state index in [0.717, 1.165) is 5.25 Å². The first-order chi connectivity index (χ1) is 7.70. The molecule has 3 unspecified atom stereocenters. The van der Waals surface area contributed by atoms with E-state index in [1.165, 1.54) is 30.5 Å². The minimum Gasteiger partial charge on any atom is -0.307 e. The molecule has 4 heteroatoms. The third-order valence-electron chi connectivity index (χ3n) is 3.54. The molecule has 16 heavy (non-hydrogen) atoms. The number of nitrogens with one attached hydrogen (secondary N) is 2. The molecule has 0 amide bonds. The van der Waals surface area contributed by atoms with E-state index in [9.17, 15) is 0 Å². The number of thioether (sulfide) groups is 1. The molecule has 1 aliphatic rings. The van der Waals surface area contributed by atoms with E-state index in [-0.39, 0.29) is 0 Å². The van der Waals surface area contributed by atoms with E-state index >= 15 is 0 Å². The molecule has 1 saturated carbocycles. The summed E-state index contributed by atoms with van der Waals surface area (Å²) in [4.78, 5) is 0. The number of aryl methyl sites for hydroxylation is 1. The molecular formula is C12H21N3S. The quantitative estimate of drug-likeness (QED) is 0.848. The van der Waals surface area contributed by atoms with E-state index in [0.29, 0.717) is 12.1 Å². The lowest BCUT2D eigenvalue weighted by molar-refractivity contribution is 0.461. The highest BCUT2D eigenvalue weighted by molar-refractivity contribution is 7.99. The molecule has 0 aliphatic heterocycles. The van der Waals surface area contributed by atoms with Crippen LogP contribution in [0.2, 0.25) is 0 Å². The summed E-state index contributed by atoms with van der Waals surface area (Å²) in [7, 11) is 0. The van der Waals surface area contributed by atoms with Crippen LogP contribution in [0.15, 0.2) is 6.20 Å². The maximum Gasteiger partial charge on any atom is 0.0537 e. The number of H-pyrrole nitrogens is 1. The van der Waals surface area contributed by atoms with Crippen LogP contribution in [0.4, 0.5) is 0 Å². The van der Waals surface area contributed by atoms with Crippen LogP contribution in [0, 0.1) is 6.92 Å². The average Bonchev–Trinajstić information content (AvgIpc) is 2.86. The van der Waals surface area contributed by atoms with Crippen LogP contribution in [-0.2, 0) is 0 Å². The van der Waals surface area contributed by atoms with Crippen molar-refractivity contribution in [2.75, 3.05) is 6.26 Å². The number of rotatable bonds is 4. The number of hydrogen-bond acceptors (Lipinski definition) is 3. The summed E-state index contributed by atoms with van der Waals surface area (Å²) in [6.45, 7) is 4.31. The van der Waals surface area contributed by atoms with E-state index in [2.05, 4.69) is 35.6 Å². The van der Waals surface area contributed by atoms with Gasteiger partial charge in [-0.2, -0.15) is 16.9 Å². The first-order valence-electron chi connectivity index (χ1n) is 5.99. The van der Waals surface area contributed by atoms with Crippen LogP contribution >= 0.6 is 11.8 Å². The van der Waals surface area contributed by atoms with Gasteiger partial charge in [-0.3, -0.25) is 5.10 Å². The smallest absolute Gasteiger partial charge is 0.0537 e. The predicted octanol–water partition coefficient (Wildman–Crippen LogP) is 2.65. The van der Waals surface area contributed by atoms with Gasteiger partial charge in [-0.05, 0) is 39.4 Å². The van der Waals surface area contributed by atoms with Crippen LogP contribution < -0.4 is 5.32 Å². The minimum absolute atomic E-state index is 0.407. The molecule has 1 aromatic rings. The van der Waals surface area contributed by atoms with E-state index in [1.807, 2.05) is 18.0 Å². The fraction of sp³-hybridized carbons (Fsp3) is 0.750. The zero-order valence-corrected chi connectivity index (χ0v) is 11.1. The second-order valence-electron chi connectivity index (χ2n) is 4.71. The van der Waals surface area contributed by atoms with Crippen molar-refractivity contribution >= 4 is 11.8 Å². The van der Waals surface area contributed by atoms with Gasteiger partial charge in [-0.15, -0.1) is 0 Å². The highest BCUT2D eigenvalue weighted by Gasteiger charge is 2.25. The topological polar surface area (TPSA) is 40.7 Å². The molecule has 0 saturated heterocycles. The Kier molecular flexibility index (Phi) is 3.92. The molecule has 1 aromatic heterocycles. The third-order valence-corrected chi connectivity index (χ3v) is 4.63. The molecule has 0 bridgehead atoms. The molecule has 1 aliphatic carbocycles. The molecule has 3 nitrogen and oxygen atoms in total. The highest BCUT2D eigenvalue weighted by atomic mass is 32.2. The summed E-state index contributed by atoms with van der Waals surface area (Å²) in [5.74, 6) is 0.